The molecule has 6 nitrogen and oxygen atoms in total. The van der Waals surface area contributed by atoms with Crippen molar-refractivity contribution in [2.45, 2.75) is 28.4 Å². The van der Waals surface area contributed by atoms with Gasteiger partial charge in [0, 0.05) is 17.0 Å². The van der Waals surface area contributed by atoms with Crippen LogP contribution < -0.4 is 10.6 Å². The van der Waals surface area contributed by atoms with Crippen LogP contribution in [-0.2, 0) is 19.4 Å². The molecule has 2 amide bonds. The van der Waals surface area contributed by atoms with E-state index in [-0.39, 0.29) is 17.2 Å². The Morgan fingerprint density at radius 1 is 1.26 bits per heavy atom. The first kappa shape index (κ1) is 19.4. The maximum Gasteiger partial charge on any atom is 0.234 e. The minimum Gasteiger partial charge on any atom is -0.326 e. The Balaban J connectivity index is 1.72. The van der Waals surface area contributed by atoms with Crippen LogP contribution in [0.1, 0.15) is 13.3 Å². The number of anilines is 2. The Morgan fingerprint density at radius 3 is 2.67 bits per heavy atom. The Hall–Kier alpha value is -2.39. The molecule has 1 aliphatic rings. The van der Waals surface area contributed by atoms with Gasteiger partial charge in [-0.05, 0) is 49.4 Å². The summed E-state index contributed by atoms with van der Waals surface area (Å²) < 4.78 is 38.5. The molecular formula is C18H17FN2O4S2. The fourth-order valence-corrected chi connectivity index (χ4v) is 4.75. The molecule has 1 unspecified atom stereocenters. The SMILES string of the molecule is CC(CC(=O)Nc1ccc(F)cc1)S(=O)(=O)c1ccc2c(c1)NC(=O)CS2. The van der Waals surface area contributed by atoms with Gasteiger partial charge in [-0.1, -0.05) is 0 Å². The van der Waals surface area contributed by atoms with Crippen molar-refractivity contribution in [2.75, 3.05) is 16.4 Å². The topological polar surface area (TPSA) is 92.3 Å². The van der Waals surface area contributed by atoms with Crippen LogP contribution in [0.15, 0.2) is 52.3 Å². The van der Waals surface area contributed by atoms with E-state index in [1.54, 1.807) is 6.07 Å². The highest BCUT2D eigenvalue weighted by Crippen LogP contribution is 2.34. The Kier molecular flexibility index (Phi) is 5.52. The van der Waals surface area contributed by atoms with Crippen LogP contribution in [-0.4, -0.2) is 31.2 Å². The van der Waals surface area contributed by atoms with Crippen molar-refractivity contribution in [2.24, 2.45) is 0 Å². The summed E-state index contributed by atoms with van der Waals surface area (Å²) in [6, 6.07) is 9.75. The summed E-state index contributed by atoms with van der Waals surface area (Å²) in [5.74, 6) is -0.811. The molecule has 0 aromatic heterocycles. The molecule has 142 valence electrons. The van der Waals surface area contributed by atoms with E-state index in [4.69, 9.17) is 0 Å². The van der Waals surface area contributed by atoms with Crippen LogP contribution in [0.5, 0.6) is 0 Å². The maximum atomic E-state index is 12.9. The van der Waals surface area contributed by atoms with Gasteiger partial charge in [0.25, 0.3) is 0 Å². The number of nitrogens with one attached hydrogen (secondary N) is 2. The van der Waals surface area contributed by atoms with Crippen LogP contribution in [0.25, 0.3) is 0 Å². The van der Waals surface area contributed by atoms with Gasteiger partial charge >= 0.3 is 0 Å². The fourth-order valence-electron chi connectivity index (χ4n) is 2.59. The van der Waals surface area contributed by atoms with E-state index in [1.807, 2.05) is 0 Å². The quantitative estimate of drug-likeness (QED) is 0.793. The monoisotopic (exact) mass is 408 g/mol. The van der Waals surface area contributed by atoms with E-state index in [0.717, 1.165) is 4.90 Å². The second-order valence-corrected chi connectivity index (χ2v) is 9.49. The van der Waals surface area contributed by atoms with Crippen LogP contribution in [0.4, 0.5) is 15.8 Å². The number of benzene rings is 2. The average molecular weight is 408 g/mol. The summed E-state index contributed by atoms with van der Waals surface area (Å²) in [6.07, 6.45) is -0.252. The van der Waals surface area contributed by atoms with Crippen molar-refractivity contribution < 1.29 is 22.4 Å². The second kappa shape index (κ2) is 7.69. The van der Waals surface area contributed by atoms with Crippen LogP contribution in [0.2, 0.25) is 0 Å². The number of amides is 2. The summed E-state index contributed by atoms with van der Waals surface area (Å²) in [6.45, 7) is 1.45. The number of sulfone groups is 1. The molecule has 0 spiro atoms. The number of hydrogen-bond donors (Lipinski definition) is 2. The van der Waals surface area contributed by atoms with Gasteiger partial charge < -0.3 is 10.6 Å². The van der Waals surface area contributed by atoms with E-state index >= 15 is 0 Å². The number of hydrogen-bond acceptors (Lipinski definition) is 5. The van der Waals surface area contributed by atoms with Crippen molar-refractivity contribution in [3.05, 3.63) is 48.3 Å². The van der Waals surface area contributed by atoms with Crippen molar-refractivity contribution in [1.82, 2.24) is 0 Å². The van der Waals surface area contributed by atoms with Gasteiger partial charge in [0.15, 0.2) is 9.84 Å². The van der Waals surface area contributed by atoms with Crippen molar-refractivity contribution >= 4 is 44.8 Å². The van der Waals surface area contributed by atoms with E-state index in [2.05, 4.69) is 10.6 Å². The molecule has 9 heteroatoms. The zero-order chi connectivity index (χ0) is 19.6. The van der Waals surface area contributed by atoms with Crippen LogP contribution >= 0.6 is 11.8 Å². The molecule has 27 heavy (non-hydrogen) atoms. The molecule has 2 aromatic rings. The molecule has 2 N–H and O–H groups in total. The Morgan fingerprint density at radius 2 is 1.96 bits per heavy atom. The highest BCUT2D eigenvalue weighted by Gasteiger charge is 2.27. The summed E-state index contributed by atoms with van der Waals surface area (Å²) in [5, 5.41) is 4.23. The maximum absolute atomic E-state index is 12.9. The molecule has 1 atom stereocenters. The lowest BCUT2D eigenvalue weighted by molar-refractivity contribution is -0.116. The predicted molar refractivity (Wildman–Crippen MR) is 102 cm³/mol. The van der Waals surface area contributed by atoms with Gasteiger partial charge in [-0.2, -0.15) is 0 Å². The van der Waals surface area contributed by atoms with Gasteiger partial charge in [-0.25, -0.2) is 12.8 Å². The fraction of sp³-hybridized carbons (Fsp3) is 0.222. The standard InChI is InChI=1S/C18H17FN2O4S2/c1-11(8-17(22)20-13-4-2-12(19)3-5-13)27(24,25)14-6-7-16-15(9-14)21-18(23)10-26-16/h2-7,9,11H,8,10H2,1H3,(H,20,22)(H,21,23). The highest BCUT2D eigenvalue weighted by atomic mass is 32.2. The Labute approximate surface area is 160 Å². The number of rotatable bonds is 5. The summed E-state index contributed by atoms with van der Waals surface area (Å²) >= 11 is 1.34. The zero-order valence-corrected chi connectivity index (χ0v) is 16.0. The Bertz CT molecular complexity index is 991. The van der Waals surface area contributed by atoms with Gasteiger partial charge in [0.05, 0.1) is 21.6 Å². The molecule has 0 radical (unpaired) electrons. The third-order valence-corrected chi connectivity index (χ3v) is 7.25. The minimum absolute atomic E-state index is 0.0473. The molecule has 0 aliphatic carbocycles. The molecule has 0 fully saturated rings. The number of carbonyl (C=O) groups is 2. The largest absolute Gasteiger partial charge is 0.326 e. The first-order chi connectivity index (χ1) is 12.8. The number of fused-ring (bicyclic) bond motifs is 1. The second-order valence-electron chi connectivity index (χ2n) is 6.11. The minimum atomic E-state index is -3.77. The lowest BCUT2D eigenvalue weighted by atomic mass is 10.2. The molecule has 3 rings (SSSR count). The molecule has 0 saturated carbocycles. The predicted octanol–water partition coefficient (Wildman–Crippen LogP) is 3.06. The van der Waals surface area contributed by atoms with Gasteiger partial charge in [0.2, 0.25) is 11.8 Å². The van der Waals surface area contributed by atoms with E-state index in [1.165, 1.54) is 55.1 Å². The van der Waals surface area contributed by atoms with Crippen molar-refractivity contribution in [1.29, 1.82) is 0 Å². The van der Waals surface area contributed by atoms with Crippen molar-refractivity contribution in [3.63, 3.8) is 0 Å². The molecular weight excluding hydrogens is 391 g/mol. The van der Waals surface area contributed by atoms with E-state index < -0.39 is 26.8 Å². The van der Waals surface area contributed by atoms with Crippen LogP contribution in [0.3, 0.4) is 0 Å². The number of thioether (sulfide) groups is 1. The summed E-state index contributed by atoms with van der Waals surface area (Å²) in [4.78, 5) is 24.5. The average Bonchev–Trinajstić information content (AvgIpc) is 2.62. The smallest absolute Gasteiger partial charge is 0.234 e. The number of carbonyl (C=O) groups excluding carboxylic acids is 2. The molecule has 0 saturated heterocycles. The zero-order valence-electron chi connectivity index (χ0n) is 14.4. The highest BCUT2D eigenvalue weighted by molar-refractivity contribution is 8.00. The third-order valence-electron chi connectivity index (χ3n) is 4.04. The van der Waals surface area contributed by atoms with Gasteiger partial charge in [0.1, 0.15) is 5.82 Å². The number of halogens is 1. The van der Waals surface area contributed by atoms with Gasteiger partial charge in [-0.15, -0.1) is 11.8 Å². The van der Waals surface area contributed by atoms with E-state index in [9.17, 15) is 22.4 Å². The van der Waals surface area contributed by atoms with Crippen molar-refractivity contribution in [3.8, 4) is 0 Å². The first-order valence-corrected chi connectivity index (χ1v) is 10.6. The third kappa shape index (κ3) is 4.48. The van der Waals surface area contributed by atoms with E-state index in [0.29, 0.717) is 17.1 Å². The summed E-state index contributed by atoms with van der Waals surface area (Å²) in [7, 11) is -3.77. The molecule has 1 aliphatic heterocycles. The lowest BCUT2D eigenvalue weighted by Gasteiger charge is -2.18. The normalized spacial score (nSPS) is 14.8. The molecule has 1 heterocycles. The van der Waals surface area contributed by atoms with Crippen LogP contribution in [0, 0.1) is 5.82 Å². The summed E-state index contributed by atoms with van der Waals surface area (Å²) in [5.41, 5.74) is 0.847. The molecule has 0 bridgehead atoms. The van der Waals surface area contributed by atoms with Gasteiger partial charge in [-0.3, -0.25) is 9.59 Å². The lowest BCUT2D eigenvalue weighted by Crippen LogP contribution is -2.25. The molecule has 2 aromatic carbocycles. The first-order valence-electron chi connectivity index (χ1n) is 8.12.